The van der Waals surface area contributed by atoms with Gasteiger partial charge >= 0.3 is 0 Å². The normalized spacial score (nSPS) is 12.6. The van der Waals surface area contributed by atoms with Gasteiger partial charge in [0.15, 0.2) is 4.34 Å². The number of aryl methyl sites for hydroxylation is 1. The number of rotatable bonds is 5. The fourth-order valence-electron chi connectivity index (χ4n) is 1.46. The van der Waals surface area contributed by atoms with Crippen LogP contribution in [-0.4, -0.2) is 21.3 Å². The molecular formula is C12H13BrN2S2. The van der Waals surface area contributed by atoms with Gasteiger partial charge in [-0.05, 0) is 12.5 Å². The Morgan fingerprint density at radius 3 is 2.65 bits per heavy atom. The van der Waals surface area contributed by atoms with Crippen molar-refractivity contribution in [3.63, 3.8) is 0 Å². The van der Waals surface area contributed by atoms with Crippen LogP contribution in [0, 0.1) is 6.92 Å². The second-order valence-corrected chi connectivity index (χ2v) is 6.76. The maximum Gasteiger partial charge on any atom is 0.174 e. The Bertz CT molecular complexity index is 459. The van der Waals surface area contributed by atoms with E-state index >= 15 is 0 Å². The van der Waals surface area contributed by atoms with E-state index in [1.165, 1.54) is 5.56 Å². The summed E-state index contributed by atoms with van der Waals surface area (Å²) in [5.41, 5.74) is 1.37. The van der Waals surface area contributed by atoms with Crippen molar-refractivity contribution in [1.82, 2.24) is 10.2 Å². The largest absolute Gasteiger partial charge is 0.174 e. The number of thioether (sulfide) groups is 1. The summed E-state index contributed by atoms with van der Waals surface area (Å²) in [7, 11) is 0. The van der Waals surface area contributed by atoms with E-state index in [-0.39, 0.29) is 0 Å². The molecule has 1 unspecified atom stereocenters. The average molecular weight is 329 g/mol. The first-order valence-corrected chi connectivity index (χ1v) is 8.25. The Hall–Kier alpha value is -0.390. The van der Waals surface area contributed by atoms with E-state index in [4.69, 9.17) is 0 Å². The Balaban J connectivity index is 1.97. The molecular weight excluding hydrogens is 316 g/mol. The third-order valence-electron chi connectivity index (χ3n) is 2.37. The molecule has 0 aliphatic rings. The first-order chi connectivity index (χ1) is 8.29. The maximum absolute atomic E-state index is 4.13. The molecule has 0 bridgehead atoms. The second-order valence-electron chi connectivity index (χ2n) is 3.66. The lowest BCUT2D eigenvalue weighted by Crippen LogP contribution is -2.03. The Morgan fingerprint density at radius 2 is 2.06 bits per heavy atom. The highest BCUT2D eigenvalue weighted by molar-refractivity contribution is 9.09. The number of benzene rings is 1. The molecule has 2 nitrogen and oxygen atoms in total. The number of hydrogen-bond donors (Lipinski definition) is 0. The van der Waals surface area contributed by atoms with Crippen LogP contribution in [0.2, 0.25) is 0 Å². The summed E-state index contributed by atoms with van der Waals surface area (Å²) in [6.07, 6.45) is 0. The lowest BCUT2D eigenvalue weighted by atomic mass is 10.0. The first-order valence-electron chi connectivity index (χ1n) is 5.33. The van der Waals surface area contributed by atoms with E-state index < -0.39 is 0 Å². The number of hydrogen-bond acceptors (Lipinski definition) is 4. The minimum absolute atomic E-state index is 0.519. The van der Waals surface area contributed by atoms with Gasteiger partial charge in [-0.2, -0.15) is 0 Å². The molecule has 2 rings (SSSR count). The van der Waals surface area contributed by atoms with E-state index in [0.29, 0.717) is 5.92 Å². The molecule has 0 amide bonds. The van der Waals surface area contributed by atoms with E-state index in [1.807, 2.05) is 6.92 Å². The molecule has 90 valence electrons. The van der Waals surface area contributed by atoms with E-state index in [0.717, 1.165) is 20.4 Å². The van der Waals surface area contributed by atoms with E-state index in [2.05, 4.69) is 56.5 Å². The highest BCUT2D eigenvalue weighted by atomic mass is 79.9. The maximum atomic E-state index is 4.13. The molecule has 0 saturated carbocycles. The molecule has 0 fully saturated rings. The molecule has 0 saturated heterocycles. The predicted molar refractivity (Wildman–Crippen MR) is 78.3 cm³/mol. The van der Waals surface area contributed by atoms with Crippen molar-refractivity contribution in [3.8, 4) is 0 Å². The predicted octanol–water partition coefficient (Wildman–Crippen LogP) is 4.12. The molecule has 17 heavy (non-hydrogen) atoms. The van der Waals surface area contributed by atoms with Gasteiger partial charge in [-0.15, -0.1) is 10.2 Å². The Morgan fingerprint density at radius 1 is 1.29 bits per heavy atom. The number of halogens is 1. The third kappa shape index (κ3) is 3.79. The number of aromatic nitrogens is 2. The van der Waals surface area contributed by atoms with Crippen LogP contribution < -0.4 is 0 Å². The van der Waals surface area contributed by atoms with Gasteiger partial charge in [-0.1, -0.05) is 69.4 Å². The van der Waals surface area contributed by atoms with Crippen LogP contribution in [0.25, 0.3) is 0 Å². The van der Waals surface area contributed by atoms with Gasteiger partial charge in [0.25, 0.3) is 0 Å². The first kappa shape index (κ1) is 13.1. The van der Waals surface area contributed by atoms with Crippen molar-refractivity contribution >= 4 is 39.0 Å². The summed E-state index contributed by atoms with van der Waals surface area (Å²) in [5, 5.41) is 10.2. The Kier molecular flexibility index (Phi) is 5.00. The van der Waals surface area contributed by atoms with E-state index in [9.17, 15) is 0 Å². The van der Waals surface area contributed by atoms with Crippen LogP contribution in [0.15, 0.2) is 34.7 Å². The van der Waals surface area contributed by atoms with Crippen LogP contribution in [0.5, 0.6) is 0 Å². The van der Waals surface area contributed by atoms with Crippen molar-refractivity contribution in [3.05, 3.63) is 40.9 Å². The van der Waals surface area contributed by atoms with Gasteiger partial charge in [0.2, 0.25) is 0 Å². The van der Waals surface area contributed by atoms with Crippen molar-refractivity contribution in [2.75, 3.05) is 11.1 Å². The Labute approximate surface area is 118 Å². The molecule has 0 N–H and O–H groups in total. The number of nitrogens with zero attached hydrogens (tertiary/aromatic N) is 2. The zero-order valence-electron chi connectivity index (χ0n) is 9.47. The minimum Gasteiger partial charge on any atom is -0.143 e. The highest BCUT2D eigenvalue weighted by Gasteiger charge is 2.11. The number of alkyl halides is 1. The van der Waals surface area contributed by atoms with Crippen molar-refractivity contribution in [2.45, 2.75) is 17.2 Å². The van der Waals surface area contributed by atoms with Gasteiger partial charge in [-0.25, -0.2) is 0 Å². The SMILES string of the molecule is Cc1nnc(SCC(CBr)c2ccccc2)s1. The van der Waals surface area contributed by atoms with Crippen LogP contribution in [-0.2, 0) is 0 Å². The molecule has 5 heteroatoms. The highest BCUT2D eigenvalue weighted by Crippen LogP contribution is 2.29. The quantitative estimate of drug-likeness (QED) is 0.610. The zero-order chi connectivity index (χ0) is 12.1. The molecule has 0 aliphatic heterocycles. The summed E-state index contributed by atoms with van der Waals surface area (Å²) in [5.74, 6) is 1.55. The van der Waals surface area contributed by atoms with Crippen molar-refractivity contribution in [2.24, 2.45) is 0 Å². The topological polar surface area (TPSA) is 25.8 Å². The van der Waals surface area contributed by atoms with Crippen molar-refractivity contribution < 1.29 is 0 Å². The average Bonchev–Trinajstić information content (AvgIpc) is 2.77. The van der Waals surface area contributed by atoms with Crippen LogP contribution in [0.3, 0.4) is 0 Å². The molecule has 1 aromatic heterocycles. The molecule has 0 spiro atoms. The second kappa shape index (κ2) is 6.52. The van der Waals surface area contributed by atoms with Crippen LogP contribution in [0.1, 0.15) is 16.5 Å². The molecule has 0 radical (unpaired) electrons. The molecule has 1 heterocycles. The molecule has 1 atom stereocenters. The van der Waals surface area contributed by atoms with Gasteiger partial charge in [-0.3, -0.25) is 0 Å². The fraction of sp³-hybridized carbons (Fsp3) is 0.333. The molecule has 1 aromatic carbocycles. The summed E-state index contributed by atoms with van der Waals surface area (Å²) in [6, 6.07) is 10.6. The zero-order valence-corrected chi connectivity index (χ0v) is 12.7. The third-order valence-corrected chi connectivity index (χ3v) is 5.29. The molecule has 2 aromatic rings. The summed E-state index contributed by atoms with van der Waals surface area (Å²) >= 11 is 7.03. The van der Waals surface area contributed by atoms with Gasteiger partial charge in [0.1, 0.15) is 5.01 Å². The van der Waals surface area contributed by atoms with Crippen LogP contribution in [0.4, 0.5) is 0 Å². The summed E-state index contributed by atoms with van der Waals surface area (Å²) < 4.78 is 1.06. The fourth-order valence-corrected chi connectivity index (χ4v) is 4.34. The summed E-state index contributed by atoms with van der Waals surface area (Å²) in [6.45, 7) is 1.99. The lowest BCUT2D eigenvalue weighted by molar-refractivity contribution is 0.898. The van der Waals surface area contributed by atoms with E-state index in [1.54, 1.807) is 23.1 Å². The van der Waals surface area contributed by atoms with Gasteiger partial charge < -0.3 is 0 Å². The summed E-state index contributed by atoms with van der Waals surface area (Å²) in [4.78, 5) is 0. The lowest BCUT2D eigenvalue weighted by Gasteiger charge is -2.12. The smallest absolute Gasteiger partial charge is 0.143 e. The minimum atomic E-state index is 0.519. The van der Waals surface area contributed by atoms with Crippen LogP contribution >= 0.6 is 39.0 Å². The molecule has 0 aliphatic carbocycles. The van der Waals surface area contributed by atoms with Crippen molar-refractivity contribution in [1.29, 1.82) is 0 Å². The van der Waals surface area contributed by atoms with Gasteiger partial charge in [0.05, 0.1) is 0 Å². The standard InChI is InChI=1S/C12H13BrN2S2/c1-9-14-15-12(17-9)16-8-11(7-13)10-5-3-2-4-6-10/h2-6,11H,7-8H2,1H3. The van der Waals surface area contributed by atoms with Gasteiger partial charge in [0, 0.05) is 17.0 Å². The monoisotopic (exact) mass is 328 g/mol.